The average Bonchev–Trinajstić information content (AvgIpc) is 2.60. The molecule has 0 saturated heterocycles. The Labute approximate surface area is 140 Å². The molecule has 3 heteroatoms. The van der Waals surface area contributed by atoms with Crippen molar-refractivity contribution in [3.05, 3.63) is 59.2 Å². The van der Waals surface area contributed by atoms with Gasteiger partial charge in [-0.15, -0.1) is 0 Å². The van der Waals surface area contributed by atoms with E-state index in [1.807, 2.05) is 12.1 Å². The van der Waals surface area contributed by atoms with Crippen molar-refractivity contribution in [1.29, 1.82) is 0 Å². The summed E-state index contributed by atoms with van der Waals surface area (Å²) in [6, 6.07) is 12.8. The predicted molar refractivity (Wildman–Crippen MR) is 96.0 cm³/mol. The summed E-state index contributed by atoms with van der Waals surface area (Å²) in [5.74, 6) is 0.0910. The van der Waals surface area contributed by atoms with Crippen molar-refractivity contribution in [3.63, 3.8) is 0 Å². The van der Waals surface area contributed by atoms with Crippen molar-refractivity contribution < 1.29 is 8.78 Å². The molecule has 0 atom stereocenters. The number of hydrogen-bond donors (Lipinski definition) is 0. The van der Waals surface area contributed by atoms with Crippen LogP contribution in [0.1, 0.15) is 42.7 Å². The molecule has 0 unspecified atom stereocenters. The molecular weight excluding hydrogens is 306 g/mol. The smallest absolute Gasteiger partial charge is 0.166 e. The highest BCUT2D eigenvalue weighted by Crippen LogP contribution is 2.37. The van der Waals surface area contributed by atoms with Crippen LogP contribution in [0.3, 0.4) is 0 Å². The van der Waals surface area contributed by atoms with Gasteiger partial charge in [0.15, 0.2) is 11.6 Å². The molecule has 2 aromatic carbocycles. The molecular formula is C20H24F2Si. The second-order valence-corrected chi connectivity index (χ2v) is 7.62. The molecule has 3 rings (SSSR count). The van der Waals surface area contributed by atoms with Crippen LogP contribution < -0.4 is 0 Å². The monoisotopic (exact) mass is 330 g/mol. The lowest BCUT2D eigenvalue weighted by molar-refractivity contribution is 0.348. The molecule has 0 nitrogen and oxygen atoms in total. The Bertz CT molecular complexity index is 671. The van der Waals surface area contributed by atoms with Crippen molar-refractivity contribution in [2.45, 2.75) is 44.6 Å². The van der Waals surface area contributed by atoms with E-state index >= 15 is 0 Å². The van der Waals surface area contributed by atoms with Crippen LogP contribution in [-0.2, 0) is 0 Å². The maximum absolute atomic E-state index is 14.1. The van der Waals surface area contributed by atoms with Gasteiger partial charge < -0.3 is 0 Å². The highest BCUT2D eigenvalue weighted by atomic mass is 28.1. The average molecular weight is 330 g/mol. The molecule has 1 fully saturated rings. The Balaban J connectivity index is 1.79. The Morgan fingerprint density at radius 1 is 0.913 bits per heavy atom. The van der Waals surface area contributed by atoms with E-state index in [0.717, 1.165) is 11.5 Å². The lowest BCUT2D eigenvalue weighted by Gasteiger charge is -2.28. The zero-order valence-corrected chi connectivity index (χ0v) is 15.9. The highest BCUT2D eigenvalue weighted by Gasteiger charge is 2.21. The molecule has 23 heavy (non-hydrogen) atoms. The van der Waals surface area contributed by atoms with Gasteiger partial charge in [0.05, 0.1) is 0 Å². The molecule has 1 saturated carbocycles. The molecule has 0 radical (unpaired) electrons. The normalized spacial score (nSPS) is 21.5. The molecule has 0 spiro atoms. The molecule has 1 aliphatic rings. The number of halogens is 2. The van der Waals surface area contributed by atoms with Crippen molar-refractivity contribution in [2.24, 2.45) is 5.92 Å². The molecule has 0 bridgehead atoms. The third-order valence-corrected chi connectivity index (χ3v) is 6.55. The van der Waals surface area contributed by atoms with Gasteiger partial charge in [0.1, 0.15) is 0 Å². The second-order valence-electron chi connectivity index (χ2n) is 6.81. The van der Waals surface area contributed by atoms with E-state index in [1.165, 1.54) is 47.5 Å². The molecule has 1 aliphatic carbocycles. The predicted octanol–water partition coefficient (Wildman–Crippen LogP) is 5.00. The summed E-state index contributed by atoms with van der Waals surface area (Å²) in [5, 5.41) is 0. The fourth-order valence-electron chi connectivity index (χ4n) is 3.71. The van der Waals surface area contributed by atoms with Gasteiger partial charge in [0.25, 0.3) is 0 Å². The first-order valence-electron chi connectivity index (χ1n) is 8.65. The third-order valence-electron chi connectivity index (χ3n) is 5.39. The first kappa shape index (κ1) is 16.4. The zero-order valence-electron chi connectivity index (χ0n) is 13.9. The first-order valence-corrected chi connectivity index (χ1v) is 10.1. The highest BCUT2D eigenvalue weighted by molar-refractivity contribution is 6.08. The van der Waals surface area contributed by atoms with Gasteiger partial charge in [0, 0.05) is 15.8 Å². The SMILES string of the molecule is Cc1ccc(-c2ccc(C3CCC(C[SiH3])CC3)cc2)c(F)c1F. The minimum atomic E-state index is -0.745. The fraction of sp³-hybridized carbons (Fsp3) is 0.400. The summed E-state index contributed by atoms with van der Waals surface area (Å²) in [5.41, 5.74) is 2.78. The summed E-state index contributed by atoms with van der Waals surface area (Å²) in [7, 11) is 1.31. The van der Waals surface area contributed by atoms with E-state index in [4.69, 9.17) is 0 Å². The van der Waals surface area contributed by atoms with E-state index < -0.39 is 11.6 Å². The van der Waals surface area contributed by atoms with E-state index in [-0.39, 0.29) is 0 Å². The molecule has 2 aromatic rings. The van der Waals surface area contributed by atoms with Gasteiger partial charge in [-0.1, -0.05) is 55.3 Å². The quantitative estimate of drug-likeness (QED) is 0.695. The van der Waals surface area contributed by atoms with Gasteiger partial charge in [-0.3, -0.25) is 0 Å². The molecule has 0 aliphatic heterocycles. The summed E-state index contributed by atoms with van der Waals surface area (Å²) >= 11 is 0. The zero-order chi connectivity index (χ0) is 16.4. The molecule has 122 valence electrons. The van der Waals surface area contributed by atoms with Crippen LogP contribution in [0.4, 0.5) is 8.78 Å². The third kappa shape index (κ3) is 3.40. The standard InChI is InChI=1S/C20H24F2Si/c1-13-2-11-18(20(22)19(13)21)17-9-7-16(8-10-17)15-5-3-14(12-23)4-6-15/h2,7-11,14-15H,3-6,12H2,1,23H3. The topological polar surface area (TPSA) is 0 Å². The number of rotatable bonds is 3. The Morgan fingerprint density at radius 2 is 1.57 bits per heavy atom. The molecule has 0 N–H and O–H groups in total. The molecule has 0 amide bonds. The summed E-state index contributed by atoms with van der Waals surface area (Å²) < 4.78 is 27.9. The van der Waals surface area contributed by atoms with Crippen LogP contribution in [0.25, 0.3) is 11.1 Å². The molecule has 0 heterocycles. The number of benzene rings is 2. The minimum Gasteiger partial charge on any atom is -0.203 e. The molecule has 0 aromatic heterocycles. The summed E-state index contributed by atoms with van der Waals surface area (Å²) in [6.07, 6.45) is 5.21. The van der Waals surface area contributed by atoms with Crippen LogP contribution in [-0.4, -0.2) is 10.2 Å². The van der Waals surface area contributed by atoms with Gasteiger partial charge in [-0.25, -0.2) is 8.78 Å². The van der Waals surface area contributed by atoms with Gasteiger partial charge in [-0.05, 0) is 48.3 Å². The minimum absolute atomic E-state index is 0.346. The van der Waals surface area contributed by atoms with Gasteiger partial charge in [0.2, 0.25) is 0 Å². The Hall–Kier alpha value is -1.48. The number of aryl methyl sites for hydroxylation is 1. The second kappa shape index (κ2) is 6.96. The van der Waals surface area contributed by atoms with Crippen LogP contribution in [0.5, 0.6) is 0 Å². The fourth-order valence-corrected chi connectivity index (χ4v) is 4.52. The van der Waals surface area contributed by atoms with Gasteiger partial charge >= 0.3 is 0 Å². The lowest BCUT2D eigenvalue weighted by atomic mass is 9.79. The summed E-state index contributed by atoms with van der Waals surface area (Å²) in [4.78, 5) is 0. The maximum atomic E-state index is 14.1. The van der Waals surface area contributed by atoms with Crippen LogP contribution in [0.15, 0.2) is 36.4 Å². The van der Waals surface area contributed by atoms with Crippen molar-refractivity contribution >= 4 is 10.2 Å². The van der Waals surface area contributed by atoms with Gasteiger partial charge in [-0.2, -0.15) is 0 Å². The maximum Gasteiger partial charge on any atom is 0.166 e. The first-order chi connectivity index (χ1) is 11.1. The van der Waals surface area contributed by atoms with Crippen LogP contribution in [0, 0.1) is 24.5 Å². The Kier molecular flexibility index (Phi) is 4.95. The van der Waals surface area contributed by atoms with Crippen LogP contribution in [0.2, 0.25) is 6.04 Å². The van der Waals surface area contributed by atoms with E-state index in [1.54, 1.807) is 19.1 Å². The van der Waals surface area contributed by atoms with Crippen molar-refractivity contribution in [1.82, 2.24) is 0 Å². The van der Waals surface area contributed by atoms with Crippen molar-refractivity contribution in [3.8, 4) is 11.1 Å². The van der Waals surface area contributed by atoms with Crippen molar-refractivity contribution in [2.75, 3.05) is 0 Å². The van der Waals surface area contributed by atoms with E-state index in [2.05, 4.69) is 12.1 Å². The summed E-state index contributed by atoms with van der Waals surface area (Å²) in [6.45, 7) is 1.58. The largest absolute Gasteiger partial charge is 0.203 e. The van der Waals surface area contributed by atoms with E-state index in [0.29, 0.717) is 17.0 Å². The number of hydrogen-bond acceptors (Lipinski definition) is 0. The Morgan fingerprint density at radius 3 is 2.17 bits per heavy atom. The van der Waals surface area contributed by atoms with E-state index in [9.17, 15) is 8.78 Å². The lowest BCUT2D eigenvalue weighted by Crippen LogP contribution is -2.12. The van der Waals surface area contributed by atoms with Crippen LogP contribution >= 0.6 is 0 Å².